The molecule has 2 heterocycles. The second-order valence-corrected chi connectivity index (χ2v) is 6.03. The summed E-state index contributed by atoms with van der Waals surface area (Å²) in [5.41, 5.74) is 3.00. The SMILES string of the molecule is CCCc1nc(Cn2c(=O)n(CC)c3ccccc32)cs1. The molecule has 0 unspecified atom stereocenters. The quantitative estimate of drug-likeness (QED) is 0.725. The molecule has 0 fully saturated rings. The average molecular weight is 301 g/mol. The van der Waals surface area contributed by atoms with E-state index in [4.69, 9.17) is 0 Å². The van der Waals surface area contributed by atoms with Gasteiger partial charge in [-0.2, -0.15) is 0 Å². The van der Waals surface area contributed by atoms with Gasteiger partial charge in [-0.1, -0.05) is 19.1 Å². The van der Waals surface area contributed by atoms with Crippen LogP contribution in [0.4, 0.5) is 0 Å². The summed E-state index contributed by atoms with van der Waals surface area (Å²) in [7, 11) is 0. The normalized spacial score (nSPS) is 11.3. The van der Waals surface area contributed by atoms with E-state index in [1.165, 1.54) is 0 Å². The first-order chi connectivity index (χ1) is 10.2. The summed E-state index contributed by atoms with van der Waals surface area (Å²) in [5, 5.41) is 3.22. The van der Waals surface area contributed by atoms with Gasteiger partial charge in [-0.3, -0.25) is 9.13 Å². The maximum atomic E-state index is 12.6. The van der Waals surface area contributed by atoms with Crippen LogP contribution in [0.15, 0.2) is 34.4 Å². The minimum absolute atomic E-state index is 0.0451. The van der Waals surface area contributed by atoms with Gasteiger partial charge in [-0.05, 0) is 31.9 Å². The van der Waals surface area contributed by atoms with Gasteiger partial charge in [0.25, 0.3) is 0 Å². The number of imidazole rings is 1. The van der Waals surface area contributed by atoms with Crippen LogP contribution >= 0.6 is 11.3 Å². The number of hydrogen-bond donors (Lipinski definition) is 0. The Labute approximate surface area is 127 Å². The van der Waals surface area contributed by atoms with Crippen LogP contribution in [0.25, 0.3) is 11.0 Å². The third kappa shape index (κ3) is 2.53. The van der Waals surface area contributed by atoms with Crippen molar-refractivity contribution in [3.8, 4) is 0 Å². The van der Waals surface area contributed by atoms with E-state index in [9.17, 15) is 4.79 Å². The lowest BCUT2D eigenvalue weighted by Crippen LogP contribution is -2.24. The van der Waals surface area contributed by atoms with Gasteiger partial charge in [-0.25, -0.2) is 9.78 Å². The van der Waals surface area contributed by atoms with Crippen LogP contribution in [0, 0.1) is 0 Å². The summed E-state index contributed by atoms with van der Waals surface area (Å²) in [5.74, 6) is 0. The first-order valence-corrected chi connectivity index (χ1v) is 8.24. The van der Waals surface area contributed by atoms with Crippen LogP contribution in [0.2, 0.25) is 0 Å². The molecule has 110 valence electrons. The molecular formula is C16H19N3OS. The zero-order chi connectivity index (χ0) is 14.8. The van der Waals surface area contributed by atoms with Gasteiger partial charge in [0.15, 0.2) is 0 Å². The van der Waals surface area contributed by atoms with E-state index in [1.54, 1.807) is 11.3 Å². The van der Waals surface area contributed by atoms with Crippen molar-refractivity contribution in [1.29, 1.82) is 0 Å². The monoisotopic (exact) mass is 301 g/mol. The fourth-order valence-corrected chi connectivity index (χ4v) is 3.53. The highest BCUT2D eigenvalue weighted by molar-refractivity contribution is 7.09. The Balaban J connectivity index is 2.03. The van der Waals surface area contributed by atoms with Crippen LogP contribution in [-0.2, 0) is 19.5 Å². The van der Waals surface area contributed by atoms with Crippen LogP contribution in [0.3, 0.4) is 0 Å². The number of nitrogens with zero attached hydrogens (tertiary/aromatic N) is 3. The number of fused-ring (bicyclic) bond motifs is 1. The average Bonchev–Trinajstić information content (AvgIpc) is 3.04. The molecule has 0 radical (unpaired) electrons. The van der Waals surface area contributed by atoms with Gasteiger partial charge >= 0.3 is 5.69 Å². The summed E-state index contributed by atoms with van der Waals surface area (Å²) < 4.78 is 3.64. The highest BCUT2D eigenvalue weighted by Crippen LogP contribution is 2.16. The Bertz CT molecular complexity index is 812. The molecule has 0 aliphatic heterocycles. The lowest BCUT2D eigenvalue weighted by molar-refractivity contribution is 0.677. The topological polar surface area (TPSA) is 39.8 Å². The molecule has 4 nitrogen and oxygen atoms in total. The molecule has 0 saturated heterocycles. The van der Waals surface area contributed by atoms with Crippen molar-refractivity contribution in [3.63, 3.8) is 0 Å². The zero-order valence-electron chi connectivity index (χ0n) is 12.4. The Morgan fingerprint density at radius 1 is 1.14 bits per heavy atom. The van der Waals surface area contributed by atoms with E-state index >= 15 is 0 Å². The fraction of sp³-hybridized carbons (Fsp3) is 0.375. The van der Waals surface area contributed by atoms with Crippen molar-refractivity contribution in [1.82, 2.24) is 14.1 Å². The second kappa shape index (κ2) is 5.85. The lowest BCUT2D eigenvalue weighted by Gasteiger charge is -2.00. The molecule has 5 heteroatoms. The highest BCUT2D eigenvalue weighted by atomic mass is 32.1. The number of hydrogen-bond acceptors (Lipinski definition) is 3. The molecule has 3 rings (SSSR count). The minimum Gasteiger partial charge on any atom is -0.292 e. The van der Waals surface area contributed by atoms with Gasteiger partial charge < -0.3 is 0 Å². The Morgan fingerprint density at radius 3 is 2.52 bits per heavy atom. The zero-order valence-corrected chi connectivity index (χ0v) is 13.2. The molecule has 2 aromatic heterocycles. The van der Waals surface area contributed by atoms with Crippen molar-refractivity contribution in [2.45, 2.75) is 39.8 Å². The molecule has 0 saturated carbocycles. The van der Waals surface area contributed by atoms with Crippen LogP contribution in [0.1, 0.15) is 31.0 Å². The van der Waals surface area contributed by atoms with Crippen LogP contribution < -0.4 is 5.69 Å². The van der Waals surface area contributed by atoms with Gasteiger partial charge in [0, 0.05) is 11.9 Å². The minimum atomic E-state index is 0.0451. The second-order valence-electron chi connectivity index (χ2n) is 5.08. The Kier molecular flexibility index (Phi) is 3.92. The number of benzene rings is 1. The number of thiazole rings is 1. The predicted octanol–water partition coefficient (Wildman–Crippen LogP) is 3.28. The van der Waals surface area contributed by atoms with Crippen molar-refractivity contribution in [2.75, 3.05) is 0 Å². The molecule has 0 N–H and O–H groups in total. The molecule has 0 spiro atoms. The van der Waals surface area contributed by atoms with Gasteiger partial charge in [-0.15, -0.1) is 11.3 Å². The summed E-state index contributed by atoms with van der Waals surface area (Å²) >= 11 is 1.68. The molecule has 0 bridgehead atoms. The first kappa shape index (κ1) is 14.1. The third-order valence-corrected chi connectivity index (χ3v) is 4.58. The number of rotatable bonds is 5. The highest BCUT2D eigenvalue weighted by Gasteiger charge is 2.13. The molecule has 0 aliphatic rings. The largest absolute Gasteiger partial charge is 0.329 e. The maximum Gasteiger partial charge on any atom is 0.329 e. The first-order valence-electron chi connectivity index (χ1n) is 7.36. The van der Waals surface area contributed by atoms with Crippen LogP contribution in [-0.4, -0.2) is 14.1 Å². The lowest BCUT2D eigenvalue weighted by atomic mass is 10.3. The smallest absolute Gasteiger partial charge is 0.292 e. The van der Waals surface area contributed by atoms with Crippen molar-refractivity contribution >= 4 is 22.4 Å². The summed E-state index contributed by atoms with van der Waals surface area (Å²) in [6.07, 6.45) is 2.11. The number of aromatic nitrogens is 3. The van der Waals surface area contributed by atoms with Gasteiger partial charge in [0.2, 0.25) is 0 Å². The molecule has 3 aromatic rings. The Morgan fingerprint density at radius 2 is 1.86 bits per heavy atom. The molecule has 21 heavy (non-hydrogen) atoms. The van der Waals surface area contributed by atoms with E-state index in [0.717, 1.165) is 34.6 Å². The standard InChI is InChI=1S/C16H19N3OS/c1-3-7-15-17-12(11-21-15)10-19-14-9-6-5-8-13(14)18(4-2)16(19)20/h5-6,8-9,11H,3-4,7,10H2,1-2H3. The number of para-hydroxylation sites is 2. The summed E-state index contributed by atoms with van der Waals surface area (Å²) in [6.45, 7) is 5.39. The number of aryl methyl sites for hydroxylation is 2. The fourth-order valence-electron chi connectivity index (χ4n) is 2.64. The summed E-state index contributed by atoms with van der Waals surface area (Å²) in [4.78, 5) is 17.2. The van der Waals surface area contributed by atoms with Crippen molar-refractivity contribution in [2.24, 2.45) is 0 Å². The summed E-state index contributed by atoms with van der Waals surface area (Å²) in [6, 6.07) is 7.95. The van der Waals surface area contributed by atoms with E-state index in [0.29, 0.717) is 13.1 Å². The van der Waals surface area contributed by atoms with Gasteiger partial charge in [0.05, 0.1) is 28.3 Å². The van der Waals surface area contributed by atoms with Crippen molar-refractivity contribution < 1.29 is 0 Å². The van der Waals surface area contributed by atoms with Crippen molar-refractivity contribution in [3.05, 3.63) is 50.8 Å². The van der Waals surface area contributed by atoms with E-state index in [2.05, 4.69) is 17.3 Å². The third-order valence-electron chi connectivity index (χ3n) is 3.62. The van der Waals surface area contributed by atoms with E-state index in [1.807, 2.05) is 40.3 Å². The van der Waals surface area contributed by atoms with Gasteiger partial charge in [0.1, 0.15) is 0 Å². The van der Waals surface area contributed by atoms with E-state index in [-0.39, 0.29) is 5.69 Å². The molecule has 0 amide bonds. The molecule has 1 aromatic carbocycles. The molecule has 0 atom stereocenters. The Hall–Kier alpha value is -1.88. The molecule has 0 aliphatic carbocycles. The van der Waals surface area contributed by atoms with Crippen LogP contribution in [0.5, 0.6) is 0 Å². The van der Waals surface area contributed by atoms with E-state index < -0.39 is 0 Å². The maximum absolute atomic E-state index is 12.6. The molecular weight excluding hydrogens is 282 g/mol. The predicted molar refractivity (Wildman–Crippen MR) is 87.1 cm³/mol.